The Hall–Kier alpha value is -5.09. The lowest BCUT2D eigenvalue weighted by Gasteiger charge is -2.12. The summed E-state index contributed by atoms with van der Waals surface area (Å²) in [7, 11) is 0. The largest absolute Gasteiger partial charge is 0.478 e. The Balaban J connectivity index is 1.39. The number of thioether (sulfide) groups is 1. The fraction of sp³-hybridized carbons (Fsp3) is 0.0345. The zero-order valence-electron chi connectivity index (χ0n) is 20.4. The van der Waals surface area contributed by atoms with Gasteiger partial charge in [-0.3, -0.25) is 14.4 Å². The van der Waals surface area contributed by atoms with Crippen LogP contribution in [-0.4, -0.2) is 34.6 Å². The molecule has 0 unspecified atom stereocenters. The van der Waals surface area contributed by atoms with E-state index in [9.17, 15) is 19.2 Å². The first-order chi connectivity index (χ1) is 18.9. The fourth-order valence-electron chi connectivity index (χ4n) is 3.36. The maximum atomic E-state index is 13.1. The maximum absolute atomic E-state index is 13.1. The molecule has 0 spiro atoms. The zero-order valence-corrected chi connectivity index (χ0v) is 21.2. The van der Waals surface area contributed by atoms with E-state index in [-0.39, 0.29) is 22.9 Å². The summed E-state index contributed by atoms with van der Waals surface area (Å²) < 4.78 is 5.31. The quantitative estimate of drug-likeness (QED) is 0.162. The second kappa shape index (κ2) is 12.9. The van der Waals surface area contributed by atoms with Crippen molar-refractivity contribution >= 4 is 52.9 Å². The molecule has 3 amide bonds. The molecular formula is C29H23N3O6S. The number of aromatic carboxylic acids is 1. The molecule has 3 aromatic carbocycles. The van der Waals surface area contributed by atoms with Crippen molar-refractivity contribution < 1.29 is 28.7 Å². The van der Waals surface area contributed by atoms with Gasteiger partial charge in [-0.05, 0) is 66.7 Å². The summed E-state index contributed by atoms with van der Waals surface area (Å²) in [6.07, 6.45) is 2.89. The topological polar surface area (TPSA) is 138 Å². The number of carbonyl (C=O) groups is 4. The molecule has 4 rings (SSSR count). The van der Waals surface area contributed by atoms with Gasteiger partial charge < -0.3 is 25.5 Å². The Labute approximate surface area is 227 Å². The van der Waals surface area contributed by atoms with Crippen molar-refractivity contribution in [3.8, 4) is 0 Å². The number of benzene rings is 3. The average molecular weight is 542 g/mol. The third-order valence-electron chi connectivity index (χ3n) is 5.24. The normalized spacial score (nSPS) is 10.9. The van der Waals surface area contributed by atoms with Gasteiger partial charge in [-0.15, -0.1) is 11.8 Å². The Morgan fingerprint density at radius 2 is 1.56 bits per heavy atom. The van der Waals surface area contributed by atoms with Crippen LogP contribution < -0.4 is 16.0 Å². The Morgan fingerprint density at radius 3 is 2.26 bits per heavy atom. The lowest BCUT2D eigenvalue weighted by atomic mass is 10.2. The number of hydrogen-bond acceptors (Lipinski definition) is 6. The summed E-state index contributed by atoms with van der Waals surface area (Å²) in [4.78, 5) is 49.8. The van der Waals surface area contributed by atoms with Crippen LogP contribution in [0.5, 0.6) is 0 Å². The van der Waals surface area contributed by atoms with Crippen LogP contribution in [0.4, 0.5) is 11.4 Å². The predicted molar refractivity (Wildman–Crippen MR) is 148 cm³/mol. The number of carbonyl (C=O) groups excluding carboxylic acids is 3. The molecule has 0 aliphatic carbocycles. The van der Waals surface area contributed by atoms with E-state index in [1.165, 1.54) is 48.4 Å². The highest BCUT2D eigenvalue weighted by atomic mass is 32.2. The molecule has 39 heavy (non-hydrogen) atoms. The van der Waals surface area contributed by atoms with E-state index in [1.54, 1.807) is 66.7 Å². The number of anilines is 2. The number of rotatable bonds is 10. The monoisotopic (exact) mass is 541 g/mol. The summed E-state index contributed by atoms with van der Waals surface area (Å²) in [5.41, 5.74) is 1.47. The van der Waals surface area contributed by atoms with Gasteiger partial charge in [0.15, 0.2) is 0 Å². The van der Waals surface area contributed by atoms with Crippen LogP contribution >= 0.6 is 11.8 Å². The van der Waals surface area contributed by atoms with Crippen LogP contribution in [0, 0.1) is 0 Å². The highest BCUT2D eigenvalue weighted by Gasteiger charge is 2.16. The van der Waals surface area contributed by atoms with Crippen molar-refractivity contribution in [3.63, 3.8) is 0 Å². The molecule has 4 N–H and O–H groups in total. The van der Waals surface area contributed by atoms with Crippen molar-refractivity contribution in [2.75, 3.05) is 16.4 Å². The molecule has 1 aromatic heterocycles. The summed E-state index contributed by atoms with van der Waals surface area (Å²) >= 11 is 1.26. The number of hydrogen-bond donors (Lipinski definition) is 4. The maximum Gasteiger partial charge on any atom is 0.335 e. The minimum Gasteiger partial charge on any atom is -0.478 e. The molecule has 0 bridgehead atoms. The van der Waals surface area contributed by atoms with E-state index in [2.05, 4.69) is 16.0 Å². The lowest BCUT2D eigenvalue weighted by molar-refractivity contribution is -0.114. The summed E-state index contributed by atoms with van der Waals surface area (Å²) in [5, 5.41) is 17.1. The third kappa shape index (κ3) is 7.94. The molecule has 0 fully saturated rings. The van der Waals surface area contributed by atoms with Crippen LogP contribution in [0.15, 0.2) is 112 Å². The van der Waals surface area contributed by atoms with Crippen molar-refractivity contribution in [3.05, 3.63) is 120 Å². The van der Waals surface area contributed by atoms with E-state index in [0.29, 0.717) is 22.7 Å². The van der Waals surface area contributed by atoms with E-state index in [1.807, 2.05) is 0 Å². The minimum atomic E-state index is -1.04. The Bertz CT molecular complexity index is 1500. The van der Waals surface area contributed by atoms with Crippen LogP contribution in [-0.2, 0) is 9.59 Å². The number of carboxylic acids is 1. The van der Waals surface area contributed by atoms with Gasteiger partial charge in [-0.2, -0.15) is 0 Å². The van der Waals surface area contributed by atoms with E-state index in [0.717, 1.165) is 4.90 Å². The molecule has 0 radical (unpaired) electrons. The fourth-order valence-corrected chi connectivity index (χ4v) is 4.12. The first-order valence-corrected chi connectivity index (χ1v) is 12.6. The van der Waals surface area contributed by atoms with Gasteiger partial charge in [-0.1, -0.05) is 24.3 Å². The average Bonchev–Trinajstić information content (AvgIpc) is 3.46. The zero-order chi connectivity index (χ0) is 27.6. The number of carboxylic acid groups (broad SMARTS) is 1. The van der Waals surface area contributed by atoms with E-state index >= 15 is 0 Å². The van der Waals surface area contributed by atoms with Crippen LogP contribution in [0.1, 0.15) is 26.5 Å². The van der Waals surface area contributed by atoms with Gasteiger partial charge in [0.2, 0.25) is 5.91 Å². The molecule has 0 atom stereocenters. The van der Waals surface area contributed by atoms with Gasteiger partial charge in [0.25, 0.3) is 11.8 Å². The molecule has 10 heteroatoms. The Morgan fingerprint density at radius 1 is 0.795 bits per heavy atom. The second-order valence-corrected chi connectivity index (χ2v) is 9.14. The van der Waals surface area contributed by atoms with Gasteiger partial charge >= 0.3 is 5.97 Å². The lowest BCUT2D eigenvalue weighted by Crippen LogP contribution is -2.30. The smallest absolute Gasteiger partial charge is 0.335 e. The van der Waals surface area contributed by atoms with Crippen molar-refractivity contribution in [1.82, 2.24) is 5.32 Å². The van der Waals surface area contributed by atoms with Gasteiger partial charge in [0, 0.05) is 27.9 Å². The van der Waals surface area contributed by atoms with Crippen molar-refractivity contribution in [2.45, 2.75) is 4.90 Å². The number of amides is 3. The molecule has 4 aromatic rings. The molecule has 9 nitrogen and oxygen atoms in total. The second-order valence-electron chi connectivity index (χ2n) is 8.09. The van der Waals surface area contributed by atoms with E-state index < -0.39 is 17.8 Å². The first-order valence-electron chi connectivity index (χ1n) is 11.7. The Kier molecular flexibility index (Phi) is 8.94. The minimum absolute atomic E-state index is 0.00912. The molecule has 0 saturated heterocycles. The SMILES string of the molecule is O=C(CSc1cccc(NC(=O)/C(=C/c2ccco2)NC(=O)c2ccccc2)c1)Nc1ccc(C(=O)O)cc1. The summed E-state index contributed by atoms with van der Waals surface area (Å²) in [5.74, 6) is -1.84. The van der Waals surface area contributed by atoms with Gasteiger partial charge in [0.05, 0.1) is 17.6 Å². The third-order valence-corrected chi connectivity index (χ3v) is 6.23. The molecule has 1 heterocycles. The highest BCUT2D eigenvalue weighted by Crippen LogP contribution is 2.23. The molecular weight excluding hydrogens is 518 g/mol. The van der Waals surface area contributed by atoms with Crippen LogP contribution in [0.2, 0.25) is 0 Å². The van der Waals surface area contributed by atoms with Crippen LogP contribution in [0.3, 0.4) is 0 Å². The number of furan rings is 1. The van der Waals surface area contributed by atoms with Crippen molar-refractivity contribution in [2.24, 2.45) is 0 Å². The molecule has 0 saturated carbocycles. The molecule has 0 aliphatic heterocycles. The molecule has 196 valence electrons. The van der Waals surface area contributed by atoms with Gasteiger partial charge in [-0.25, -0.2) is 4.79 Å². The summed E-state index contributed by atoms with van der Waals surface area (Å²) in [6.45, 7) is 0. The molecule has 0 aliphatic rings. The van der Waals surface area contributed by atoms with Gasteiger partial charge in [0.1, 0.15) is 11.5 Å². The number of nitrogens with one attached hydrogen (secondary N) is 3. The summed E-state index contributed by atoms with van der Waals surface area (Å²) in [6, 6.07) is 24.6. The van der Waals surface area contributed by atoms with Crippen molar-refractivity contribution in [1.29, 1.82) is 0 Å². The standard InChI is InChI=1S/C29H23N3O6S/c33-26(30-21-13-11-20(12-14-21)29(36)37)18-39-24-10-4-8-22(16-24)31-28(35)25(17-23-9-5-15-38-23)32-27(34)19-6-2-1-3-7-19/h1-17H,18H2,(H,30,33)(H,31,35)(H,32,34)(H,36,37)/b25-17-. The van der Waals surface area contributed by atoms with Crippen LogP contribution in [0.25, 0.3) is 6.08 Å². The van der Waals surface area contributed by atoms with E-state index in [4.69, 9.17) is 9.52 Å². The predicted octanol–water partition coefficient (Wildman–Crippen LogP) is 5.12. The first kappa shape index (κ1) is 27.0. The highest BCUT2D eigenvalue weighted by molar-refractivity contribution is 8.00.